The van der Waals surface area contributed by atoms with Crippen LogP contribution in [0.4, 0.5) is 0 Å². The molecule has 1 saturated heterocycles. The summed E-state index contributed by atoms with van der Waals surface area (Å²) in [7, 11) is 0. The number of aryl methyl sites for hydroxylation is 1. The molecule has 0 unspecified atom stereocenters. The number of ether oxygens (including phenoxy) is 1. The molecule has 3 amide bonds. The monoisotopic (exact) mass is 609 g/mol. The van der Waals surface area contributed by atoms with Crippen LogP contribution in [-0.4, -0.2) is 63.0 Å². The van der Waals surface area contributed by atoms with Crippen LogP contribution >= 0.6 is 11.3 Å². The largest absolute Gasteiger partial charge is 0.488 e. The third-order valence-electron chi connectivity index (χ3n) is 7.91. The van der Waals surface area contributed by atoms with E-state index in [1.807, 2.05) is 73.6 Å². The average Bonchev–Trinajstić information content (AvgIpc) is 3.44. The summed E-state index contributed by atoms with van der Waals surface area (Å²) in [4.78, 5) is 47.3. The third kappa shape index (κ3) is 7.19. The molecule has 1 saturated carbocycles. The SMILES string of the molecule is Cc1ncsc1-c1ccc([C@H](C)NC(=O)[C@@H]2C[C@@H](O)CN2C(=O)[C@@H](NC(=O)C2(C#N)CC2)C(C)(C)C)c(OC(C)(C)C)c1. The van der Waals surface area contributed by atoms with Crippen molar-refractivity contribution >= 4 is 29.1 Å². The van der Waals surface area contributed by atoms with Crippen LogP contribution in [0.3, 0.4) is 0 Å². The molecule has 10 nitrogen and oxygen atoms in total. The van der Waals surface area contributed by atoms with E-state index in [9.17, 15) is 24.8 Å². The Balaban J connectivity index is 1.56. The van der Waals surface area contributed by atoms with Crippen LogP contribution < -0.4 is 15.4 Å². The van der Waals surface area contributed by atoms with Crippen molar-refractivity contribution < 1.29 is 24.2 Å². The highest BCUT2D eigenvalue weighted by Crippen LogP contribution is 2.45. The fraction of sp³-hybridized carbons (Fsp3) is 0.594. The van der Waals surface area contributed by atoms with Gasteiger partial charge in [0.2, 0.25) is 17.7 Å². The first-order valence-electron chi connectivity index (χ1n) is 14.7. The van der Waals surface area contributed by atoms with Crippen molar-refractivity contribution in [2.75, 3.05) is 6.54 Å². The molecule has 2 aliphatic rings. The van der Waals surface area contributed by atoms with Gasteiger partial charge in [-0.25, -0.2) is 4.98 Å². The van der Waals surface area contributed by atoms with E-state index in [1.54, 1.807) is 16.8 Å². The topological polar surface area (TPSA) is 145 Å². The summed E-state index contributed by atoms with van der Waals surface area (Å²) in [5.74, 6) is -0.705. The molecule has 4 atom stereocenters. The number of amides is 3. The lowest BCUT2D eigenvalue weighted by molar-refractivity contribution is -0.144. The van der Waals surface area contributed by atoms with E-state index in [4.69, 9.17) is 4.74 Å². The van der Waals surface area contributed by atoms with Crippen molar-refractivity contribution in [3.05, 3.63) is 35.0 Å². The van der Waals surface area contributed by atoms with Crippen molar-refractivity contribution in [3.8, 4) is 22.3 Å². The first-order chi connectivity index (χ1) is 20.0. The van der Waals surface area contributed by atoms with E-state index >= 15 is 0 Å². The normalized spacial score (nSPS) is 21.0. The van der Waals surface area contributed by atoms with Crippen molar-refractivity contribution in [1.29, 1.82) is 5.26 Å². The van der Waals surface area contributed by atoms with Crippen LogP contribution in [0.15, 0.2) is 23.7 Å². The van der Waals surface area contributed by atoms with Gasteiger partial charge >= 0.3 is 0 Å². The Labute approximate surface area is 257 Å². The number of β-amino-alcohol motifs (C(OH)–C–C–N with tert-alkyl or cyclic N) is 1. The standard InChI is InChI=1S/C32H43N5O5S/c1-18(22-10-9-20(25-19(2)34-17-43-25)13-24(22)42-31(6,7)8)35-27(39)23-14-21(38)15-37(23)28(40)26(30(3,4)5)36-29(41)32(16-33)11-12-32/h9-10,13,17-18,21,23,26,38H,11-12,14-15H2,1-8H3,(H,35,39)(H,36,41)/t18-,21+,23-,26+/m0/s1. The van der Waals surface area contributed by atoms with Crippen LogP contribution in [-0.2, 0) is 14.4 Å². The predicted molar refractivity (Wildman–Crippen MR) is 164 cm³/mol. The van der Waals surface area contributed by atoms with Gasteiger partial charge in [-0.15, -0.1) is 11.3 Å². The molecule has 4 rings (SSSR count). The molecule has 3 N–H and O–H groups in total. The molecule has 1 aromatic carbocycles. The number of nitrogens with one attached hydrogen (secondary N) is 2. The average molecular weight is 610 g/mol. The molecular weight excluding hydrogens is 566 g/mol. The smallest absolute Gasteiger partial charge is 0.246 e. The van der Waals surface area contributed by atoms with Gasteiger partial charge in [-0.3, -0.25) is 14.4 Å². The van der Waals surface area contributed by atoms with E-state index in [2.05, 4.69) is 21.7 Å². The quantitative estimate of drug-likeness (QED) is 0.405. The highest BCUT2D eigenvalue weighted by Gasteiger charge is 2.53. The third-order valence-corrected chi connectivity index (χ3v) is 8.89. The number of thiazole rings is 1. The highest BCUT2D eigenvalue weighted by molar-refractivity contribution is 7.13. The van der Waals surface area contributed by atoms with Gasteiger partial charge in [-0.05, 0) is 64.5 Å². The van der Waals surface area contributed by atoms with E-state index in [-0.39, 0.29) is 13.0 Å². The van der Waals surface area contributed by atoms with E-state index in [0.29, 0.717) is 18.6 Å². The summed E-state index contributed by atoms with van der Waals surface area (Å²) < 4.78 is 6.33. The molecular formula is C32H43N5O5S. The van der Waals surface area contributed by atoms with Gasteiger partial charge < -0.3 is 25.4 Å². The lowest BCUT2D eigenvalue weighted by Crippen LogP contribution is -2.58. The molecule has 0 bridgehead atoms. The zero-order chi connectivity index (χ0) is 31.9. The number of aromatic nitrogens is 1. The lowest BCUT2D eigenvalue weighted by Gasteiger charge is -2.36. The maximum Gasteiger partial charge on any atom is 0.246 e. The minimum Gasteiger partial charge on any atom is -0.488 e. The maximum atomic E-state index is 13.9. The van der Waals surface area contributed by atoms with Gasteiger partial charge in [0.05, 0.1) is 34.3 Å². The Hall–Kier alpha value is -3.49. The number of likely N-dealkylation sites (tertiary alicyclic amines) is 1. The Morgan fingerprint density at radius 1 is 1.19 bits per heavy atom. The lowest BCUT2D eigenvalue weighted by atomic mass is 9.85. The van der Waals surface area contributed by atoms with Gasteiger partial charge in [0.1, 0.15) is 28.8 Å². The van der Waals surface area contributed by atoms with Crippen LogP contribution in [0.2, 0.25) is 0 Å². The molecule has 0 radical (unpaired) electrons. The maximum absolute atomic E-state index is 13.9. The summed E-state index contributed by atoms with van der Waals surface area (Å²) in [6.45, 7) is 15.1. The molecule has 0 spiro atoms. The van der Waals surface area contributed by atoms with Gasteiger partial charge in [0, 0.05) is 18.5 Å². The Bertz CT molecular complexity index is 1430. The number of rotatable bonds is 8. The van der Waals surface area contributed by atoms with Gasteiger partial charge in [0.15, 0.2) is 0 Å². The number of nitriles is 1. The van der Waals surface area contributed by atoms with Gasteiger partial charge in [-0.1, -0.05) is 32.9 Å². The minimum absolute atomic E-state index is 0.0293. The number of carbonyl (C=O) groups excluding carboxylic acids is 3. The van der Waals surface area contributed by atoms with Crippen molar-refractivity contribution in [2.45, 2.75) is 104 Å². The minimum atomic E-state index is -1.10. The molecule has 11 heteroatoms. The van der Waals surface area contributed by atoms with Crippen molar-refractivity contribution in [3.63, 3.8) is 0 Å². The summed E-state index contributed by atoms with van der Waals surface area (Å²) in [5, 5.41) is 25.8. The molecule has 1 aromatic heterocycles. The Morgan fingerprint density at radius 3 is 2.40 bits per heavy atom. The molecule has 2 heterocycles. The van der Waals surface area contributed by atoms with Gasteiger partial charge in [0.25, 0.3) is 0 Å². The second-order valence-corrected chi connectivity index (χ2v) is 14.7. The van der Waals surface area contributed by atoms with E-state index in [1.165, 1.54) is 4.90 Å². The zero-order valence-corrected chi connectivity index (χ0v) is 27.1. The number of hydrogen-bond acceptors (Lipinski definition) is 8. The molecule has 43 heavy (non-hydrogen) atoms. The van der Waals surface area contributed by atoms with Crippen molar-refractivity contribution in [2.24, 2.45) is 10.8 Å². The summed E-state index contributed by atoms with van der Waals surface area (Å²) in [6, 6.07) is 5.57. The Kier molecular flexibility index (Phi) is 8.96. The number of hydrogen-bond donors (Lipinski definition) is 3. The first kappa shape index (κ1) is 32.4. The highest BCUT2D eigenvalue weighted by atomic mass is 32.1. The zero-order valence-electron chi connectivity index (χ0n) is 26.3. The second kappa shape index (κ2) is 11.9. The molecule has 1 aliphatic heterocycles. The molecule has 1 aliphatic carbocycles. The van der Waals surface area contributed by atoms with E-state index in [0.717, 1.165) is 21.7 Å². The molecule has 2 fully saturated rings. The van der Waals surface area contributed by atoms with E-state index < -0.39 is 58.4 Å². The number of aliphatic hydroxyl groups is 1. The summed E-state index contributed by atoms with van der Waals surface area (Å²) >= 11 is 1.55. The van der Waals surface area contributed by atoms with Crippen LogP contribution in [0.5, 0.6) is 5.75 Å². The van der Waals surface area contributed by atoms with Crippen molar-refractivity contribution in [1.82, 2.24) is 20.5 Å². The first-order valence-corrected chi connectivity index (χ1v) is 15.6. The fourth-order valence-corrected chi connectivity index (χ4v) is 6.12. The summed E-state index contributed by atoms with van der Waals surface area (Å²) in [5.41, 5.74) is 2.19. The molecule has 2 aromatic rings. The fourth-order valence-electron chi connectivity index (χ4n) is 5.32. The number of benzene rings is 1. The predicted octanol–water partition coefficient (Wildman–Crippen LogP) is 4.27. The Morgan fingerprint density at radius 2 is 1.86 bits per heavy atom. The number of carbonyl (C=O) groups is 3. The van der Waals surface area contributed by atoms with Crippen LogP contribution in [0.25, 0.3) is 10.4 Å². The van der Waals surface area contributed by atoms with Crippen LogP contribution in [0, 0.1) is 29.1 Å². The number of aliphatic hydroxyl groups excluding tert-OH is 1. The second-order valence-electron chi connectivity index (χ2n) is 13.8. The summed E-state index contributed by atoms with van der Waals surface area (Å²) in [6.07, 6.45) is 0.100. The molecule has 232 valence electrons. The van der Waals surface area contributed by atoms with Crippen LogP contribution in [0.1, 0.15) is 85.0 Å². The van der Waals surface area contributed by atoms with Gasteiger partial charge in [-0.2, -0.15) is 5.26 Å². The number of nitrogens with zero attached hydrogens (tertiary/aromatic N) is 3.